The van der Waals surface area contributed by atoms with E-state index in [2.05, 4.69) is 5.32 Å². The van der Waals surface area contributed by atoms with Crippen molar-refractivity contribution in [3.8, 4) is 5.75 Å². The normalized spacial score (nSPS) is 13.4. The molecule has 2 atom stereocenters. The number of hydrogen-bond acceptors (Lipinski definition) is 5. The third-order valence-electron chi connectivity index (χ3n) is 3.88. The maximum Gasteiger partial charge on any atom is 0.270 e. The minimum Gasteiger partial charge on any atom is -0.508 e. The van der Waals surface area contributed by atoms with Crippen LogP contribution < -0.4 is 5.32 Å². The Bertz CT molecular complexity index is 674. The number of nitro benzene ring substituents is 1. The second-order valence-electron chi connectivity index (χ2n) is 5.89. The van der Waals surface area contributed by atoms with E-state index in [0.717, 1.165) is 5.56 Å². The van der Waals surface area contributed by atoms with Gasteiger partial charge in [-0.3, -0.25) is 10.1 Å². The average molecular weight is 330 g/mol. The van der Waals surface area contributed by atoms with Crippen molar-refractivity contribution < 1.29 is 15.1 Å². The van der Waals surface area contributed by atoms with Crippen LogP contribution in [0.25, 0.3) is 0 Å². The summed E-state index contributed by atoms with van der Waals surface area (Å²) in [5.74, 6) is 0.145. The molecule has 0 aliphatic rings. The number of rotatable bonds is 8. The Morgan fingerprint density at radius 3 is 2.54 bits per heavy atom. The second kappa shape index (κ2) is 8.42. The monoisotopic (exact) mass is 330 g/mol. The lowest BCUT2D eigenvalue weighted by molar-refractivity contribution is -0.384. The van der Waals surface area contributed by atoms with Crippen LogP contribution in [0.15, 0.2) is 48.5 Å². The van der Waals surface area contributed by atoms with Crippen LogP contribution in [-0.4, -0.2) is 27.8 Å². The lowest BCUT2D eigenvalue weighted by Crippen LogP contribution is -2.23. The molecule has 0 saturated heterocycles. The minimum absolute atomic E-state index is 0.0277. The van der Waals surface area contributed by atoms with Crippen molar-refractivity contribution in [2.24, 2.45) is 0 Å². The van der Waals surface area contributed by atoms with Crippen molar-refractivity contribution in [1.29, 1.82) is 0 Å². The number of hydrogen-bond donors (Lipinski definition) is 3. The Balaban J connectivity index is 2.02. The van der Waals surface area contributed by atoms with Crippen LogP contribution in [0.4, 0.5) is 5.69 Å². The third-order valence-corrected chi connectivity index (χ3v) is 3.88. The molecule has 6 heteroatoms. The standard InChI is InChI=1S/C18H22N2O4/c1-13(21)9-15(14-5-3-2-4-6-14)11-19-12-16-10-17(20(23)24)7-8-18(16)22/h2-8,10,13,15,19,21-22H,9,11-12H2,1H3. The first-order valence-electron chi connectivity index (χ1n) is 7.87. The first-order valence-corrected chi connectivity index (χ1v) is 7.87. The highest BCUT2D eigenvalue weighted by Crippen LogP contribution is 2.24. The van der Waals surface area contributed by atoms with Gasteiger partial charge in [-0.15, -0.1) is 0 Å². The van der Waals surface area contributed by atoms with E-state index in [1.807, 2.05) is 30.3 Å². The van der Waals surface area contributed by atoms with Crippen LogP contribution in [0.5, 0.6) is 5.75 Å². The maximum atomic E-state index is 10.8. The van der Waals surface area contributed by atoms with Crippen LogP contribution in [0.1, 0.15) is 30.4 Å². The highest BCUT2D eigenvalue weighted by molar-refractivity contribution is 5.42. The van der Waals surface area contributed by atoms with E-state index in [9.17, 15) is 20.3 Å². The first kappa shape index (κ1) is 17.9. The molecule has 0 bridgehead atoms. The number of phenols is 1. The molecule has 0 saturated carbocycles. The Kier molecular flexibility index (Phi) is 6.28. The van der Waals surface area contributed by atoms with Crippen LogP contribution in [0.3, 0.4) is 0 Å². The number of nitrogens with one attached hydrogen (secondary N) is 1. The Labute approximate surface area is 140 Å². The highest BCUT2D eigenvalue weighted by Gasteiger charge is 2.15. The fourth-order valence-electron chi connectivity index (χ4n) is 2.68. The van der Waals surface area contributed by atoms with E-state index in [0.29, 0.717) is 25.1 Å². The summed E-state index contributed by atoms with van der Waals surface area (Å²) in [5.41, 5.74) is 1.55. The van der Waals surface area contributed by atoms with E-state index >= 15 is 0 Å². The fourth-order valence-corrected chi connectivity index (χ4v) is 2.68. The van der Waals surface area contributed by atoms with Crippen molar-refractivity contribution in [3.05, 3.63) is 69.8 Å². The van der Waals surface area contributed by atoms with Gasteiger partial charge in [0.05, 0.1) is 11.0 Å². The van der Waals surface area contributed by atoms with Crippen molar-refractivity contribution >= 4 is 5.69 Å². The number of nitrogens with zero attached hydrogens (tertiary/aromatic N) is 1. The molecule has 2 aromatic rings. The number of aliphatic hydroxyl groups is 1. The molecule has 3 N–H and O–H groups in total. The zero-order valence-corrected chi connectivity index (χ0v) is 13.6. The summed E-state index contributed by atoms with van der Waals surface area (Å²) in [4.78, 5) is 10.3. The van der Waals surface area contributed by atoms with E-state index in [1.165, 1.54) is 18.2 Å². The molecule has 0 spiro atoms. The van der Waals surface area contributed by atoms with Crippen molar-refractivity contribution in [2.45, 2.75) is 31.9 Å². The van der Waals surface area contributed by atoms with Gasteiger partial charge in [-0.2, -0.15) is 0 Å². The van der Waals surface area contributed by atoms with Crippen LogP contribution >= 0.6 is 0 Å². The molecule has 0 fully saturated rings. The summed E-state index contributed by atoms with van der Waals surface area (Å²) in [5, 5.41) is 33.6. The van der Waals surface area contributed by atoms with Gasteiger partial charge in [-0.05, 0) is 30.9 Å². The van der Waals surface area contributed by atoms with Gasteiger partial charge in [-0.25, -0.2) is 0 Å². The molecular formula is C18H22N2O4. The zero-order valence-electron chi connectivity index (χ0n) is 13.6. The summed E-state index contributed by atoms with van der Waals surface area (Å²) in [6, 6.07) is 13.9. The summed E-state index contributed by atoms with van der Waals surface area (Å²) in [6.07, 6.45) is 0.181. The van der Waals surface area contributed by atoms with Crippen LogP contribution in [0.2, 0.25) is 0 Å². The quantitative estimate of drug-likeness (QED) is 0.511. The Hall–Kier alpha value is -2.44. The summed E-state index contributed by atoms with van der Waals surface area (Å²) in [6.45, 7) is 2.66. The van der Waals surface area contributed by atoms with Crippen LogP contribution in [-0.2, 0) is 6.54 Å². The molecule has 0 aliphatic carbocycles. The molecule has 128 valence electrons. The molecule has 0 aromatic heterocycles. The van der Waals surface area contributed by atoms with Gasteiger partial charge < -0.3 is 15.5 Å². The van der Waals surface area contributed by atoms with Gasteiger partial charge in [0.1, 0.15) is 5.75 Å². The predicted octanol–water partition coefficient (Wildman–Crippen LogP) is 2.94. The molecule has 0 radical (unpaired) electrons. The molecule has 24 heavy (non-hydrogen) atoms. The summed E-state index contributed by atoms with van der Waals surface area (Å²) >= 11 is 0. The molecule has 2 rings (SSSR count). The smallest absolute Gasteiger partial charge is 0.270 e. The largest absolute Gasteiger partial charge is 0.508 e. The predicted molar refractivity (Wildman–Crippen MR) is 91.9 cm³/mol. The Morgan fingerprint density at radius 2 is 1.92 bits per heavy atom. The summed E-state index contributed by atoms with van der Waals surface area (Å²) in [7, 11) is 0. The van der Waals surface area contributed by atoms with Gasteiger partial charge in [0.2, 0.25) is 0 Å². The van der Waals surface area contributed by atoms with Gasteiger partial charge in [0.25, 0.3) is 5.69 Å². The number of aliphatic hydroxyl groups excluding tert-OH is 1. The third kappa shape index (κ3) is 5.04. The molecule has 6 nitrogen and oxygen atoms in total. The number of phenolic OH excluding ortho intramolecular Hbond substituents is 1. The molecule has 2 aromatic carbocycles. The van der Waals surface area contributed by atoms with E-state index in [-0.39, 0.29) is 17.4 Å². The molecule has 2 unspecified atom stereocenters. The minimum atomic E-state index is -0.483. The van der Waals surface area contributed by atoms with Gasteiger partial charge >= 0.3 is 0 Å². The lowest BCUT2D eigenvalue weighted by Gasteiger charge is -2.20. The maximum absolute atomic E-state index is 10.8. The SMILES string of the molecule is CC(O)CC(CNCc1cc([N+](=O)[O-])ccc1O)c1ccccc1. The second-order valence-corrected chi connectivity index (χ2v) is 5.89. The molecule has 0 aliphatic heterocycles. The lowest BCUT2D eigenvalue weighted by atomic mass is 9.93. The van der Waals surface area contributed by atoms with E-state index < -0.39 is 11.0 Å². The van der Waals surface area contributed by atoms with Crippen LogP contribution in [0, 0.1) is 10.1 Å². The molecular weight excluding hydrogens is 308 g/mol. The number of aromatic hydroxyl groups is 1. The van der Waals surface area contributed by atoms with Gasteiger partial charge in [-0.1, -0.05) is 30.3 Å². The molecule has 0 amide bonds. The first-order chi connectivity index (χ1) is 11.5. The van der Waals surface area contributed by atoms with E-state index in [1.54, 1.807) is 6.92 Å². The van der Waals surface area contributed by atoms with Gasteiger partial charge in [0.15, 0.2) is 0 Å². The number of nitro groups is 1. The van der Waals surface area contributed by atoms with Crippen molar-refractivity contribution in [2.75, 3.05) is 6.54 Å². The Morgan fingerprint density at radius 1 is 1.21 bits per heavy atom. The number of non-ortho nitro benzene ring substituents is 1. The van der Waals surface area contributed by atoms with Gasteiger partial charge in [0, 0.05) is 30.8 Å². The fraction of sp³-hybridized carbons (Fsp3) is 0.333. The topological polar surface area (TPSA) is 95.6 Å². The average Bonchev–Trinajstić information content (AvgIpc) is 2.55. The van der Waals surface area contributed by atoms with Crippen molar-refractivity contribution in [1.82, 2.24) is 5.32 Å². The van der Waals surface area contributed by atoms with E-state index in [4.69, 9.17) is 0 Å². The zero-order chi connectivity index (χ0) is 17.5. The number of benzene rings is 2. The van der Waals surface area contributed by atoms with Crippen molar-refractivity contribution in [3.63, 3.8) is 0 Å². The highest BCUT2D eigenvalue weighted by atomic mass is 16.6. The molecule has 0 heterocycles. The summed E-state index contributed by atoms with van der Waals surface area (Å²) < 4.78 is 0.